The van der Waals surface area contributed by atoms with Crippen LogP contribution in [0.1, 0.15) is 24.8 Å². The molecule has 0 aliphatic rings. The van der Waals surface area contributed by atoms with Gasteiger partial charge in [-0.05, 0) is 48.1 Å². The van der Waals surface area contributed by atoms with Crippen molar-refractivity contribution in [1.82, 2.24) is 0 Å². The highest BCUT2D eigenvalue weighted by Gasteiger charge is 2.09. The molecule has 84 valence electrons. The van der Waals surface area contributed by atoms with Crippen molar-refractivity contribution in [2.24, 2.45) is 5.73 Å². The predicted octanol–water partition coefficient (Wildman–Crippen LogP) is 3.01. The lowest BCUT2D eigenvalue weighted by atomic mass is 9.97. The van der Waals surface area contributed by atoms with Gasteiger partial charge in [0.2, 0.25) is 0 Å². The van der Waals surface area contributed by atoms with Crippen LogP contribution >= 0.6 is 11.8 Å². The largest absolute Gasteiger partial charge is 0.330 e. The third-order valence-corrected chi connectivity index (χ3v) is 3.35. The fourth-order valence-corrected chi connectivity index (χ4v) is 2.29. The van der Waals surface area contributed by atoms with Crippen LogP contribution in [0.5, 0.6) is 0 Å². The molecule has 1 rings (SSSR count). The van der Waals surface area contributed by atoms with Crippen LogP contribution in [0.3, 0.4) is 0 Å². The molecule has 0 radical (unpaired) electrons. The first kappa shape index (κ1) is 12.5. The van der Waals surface area contributed by atoms with Crippen LogP contribution < -0.4 is 5.73 Å². The summed E-state index contributed by atoms with van der Waals surface area (Å²) in [6.07, 6.45) is 1.03. The van der Waals surface area contributed by atoms with Gasteiger partial charge in [0.25, 0.3) is 0 Å². The molecule has 0 fully saturated rings. The fraction of sp³-hybridized carbons (Fsp3) is 0.500. The first-order valence-electron chi connectivity index (χ1n) is 5.31. The fourth-order valence-electron chi connectivity index (χ4n) is 1.55. The minimum absolute atomic E-state index is 0.172. The molecule has 1 aromatic rings. The average molecular weight is 227 g/mol. The number of nitrogens with two attached hydrogens (primary N) is 1. The molecule has 0 saturated carbocycles. The van der Waals surface area contributed by atoms with E-state index in [1.165, 1.54) is 6.07 Å². The van der Waals surface area contributed by atoms with Gasteiger partial charge < -0.3 is 5.73 Å². The molecule has 0 amide bonds. The molecular formula is C12H18FNS. The van der Waals surface area contributed by atoms with Crippen molar-refractivity contribution < 1.29 is 4.39 Å². The lowest BCUT2D eigenvalue weighted by Gasteiger charge is -2.14. The smallest absolute Gasteiger partial charge is 0.123 e. The number of hydrogen-bond acceptors (Lipinski definition) is 2. The van der Waals surface area contributed by atoms with Crippen LogP contribution in [0.2, 0.25) is 0 Å². The highest BCUT2D eigenvalue weighted by Crippen LogP contribution is 2.21. The maximum Gasteiger partial charge on any atom is 0.123 e. The molecule has 0 saturated heterocycles. The molecule has 0 bridgehead atoms. The molecule has 1 nitrogen and oxygen atoms in total. The maximum absolute atomic E-state index is 13.0. The second kappa shape index (κ2) is 6.85. The van der Waals surface area contributed by atoms with E-state index >= 15 is 0 Å². The van der Waals surface area contributed by atoms with Crippen molar-refractivity contribution >= 4 is 11.8 Å². The van der Waals surface area contributed by atoms with Crippen LogP contribution in [-0.2, 0) is 0 Å². The summed E-state index contributed by atoms with van der Waals surface area (Å²) in [6, 6.07) is 6.77. The Hall–Kier alpha value is -0.540. The molecule has 0 spiro atoms. The van der Waals surface area contributed by atoms with E-state index in [2.05, 4.69) is 6.92 Å². The topological polar surface area (TPSA) is 26.0 Å². The molecule has 1 unspecified atom stereocenters. The van der Waals surface area contributed by atoms with Gasteiger partial charge in [-0.15, -0.1) is 0 Å². The highest BCUT2D eigenvalue weighted by molar-refractivity contribution is 7.99. The van der Waals surface area contributed by atoms with E-state index in [4.69, 9.17) is 5.73 Å². The summed E-state index contributed by atoms with van der Waals surface area (Å²) in [7, 11) is 0. The monoisotopic (exact) mass is 227 g/mol. The van der Waals surface area contributed by atoms with Gasteiger partial charge in [-0.3, -0.25) is 0 Å². The average Bonchev–Trinajstić information content (AvgIpc) is 2.24. The Morgan fingerprint density at radius 2 is 2.27 bits per heavy atom. The van der Waals surface area contributed by atoms with Crippen molar-refractivity contribution in [3.63, 3.8) is 0 Å². The zero-order valence-corrected chi connectivity index (χ0v) is 9.90. The van der Waals surface area contributed by atoms with Gasteiger partial charge in [0.15, 0.2) is 0 Å². The van der Waals surface area contributed by atoms with Crippen LogP contribution in [0.15, 0.2) is 24.3 Å². The third-order valence-electron chi connectivity index (χ3n) is 2.42. The minimum atomic E-state index is -0.172. The van der Waals surface area contributed by atoms with E-state index in [1.807, 2.05) is 17.8 Å². The Labute approximate surface area is 95.2 Å². The number of benzene rings is 1. The predicted molar refractivity (Wildman–Crippen MR) is 65.8 cm³/mol. The molecule has 2 N–H and O–H groups in total. The Morgan fingerprint density at radius 3 is 2.87 bits per heavy atom. The molecule has 0 aliphatic carbocycles. The first-order chi connectivity index (χ1) is 7.27. The Bertz CT molecular complexity index is 291. The molecule has 15 heavy (non-hydrogen) atoms. The van der Waals surface area contributed by atoms with Gasteiger partial charge in [-0.25, -0.2) is 4.39 Å². The Balaban J connectivity index is 2.57. The van der Waals surface area contributed by atoms with E-state index in [-0.39, 0.29) is 5.82 Å². The van der Waals surface area contributed by atoms with Gasteiger partial charge >= 0.3 is 0 Å². The zero-order chi connectivity index (χ0) is 11.1. The molecule has 0 aromatic heterocycles. The summed E-state index contributed by atoms with van der Waals surface area (Å²) >= 11 is 1.90. The summed E-state index contributed by atoms with van der Waals surface area (Å²) in [5.41, 5.74) is 6.73. The third kappa shape index (κ3) is 4.22. The summed E-state index contributed by atoms with van der Waals surface area (Å²) in [4.78, 5) is 0. The van der Waals surface area contributed by atoms with Gasteiger partial charge in [0.05, 0.1) is 0 Å². The van der Waals surface area contributed by atoms with Crippen LogP contribution in [0.25, 0.3) is 0 Å². The van der Waals surface area contributed by atoms with Crippen LogP contribution in [0, 0.1) is 5.82 Å². The summed E-state index contributed by atoms with van der Waals surface area (Å²) in [5, 5.41) is 0. The standard InChI is InChI=1S/C12H18FNS/c1-2-15-7-6-11(9-14)10-4-3-5-12(13)8-10/h3-5,8,11H,2,6-7,9,14H2,1H3. The van der Waals surface area contributed by atoms with E-state index in [1.54, 1.807) is 12.1 Å². The van der Waals surface area contributed by atoms with E-state index < -0.39 is 0 Å². The van der Waals surface area contributed by atoms with Crippen LogP contribution in [0.4, 0.5) is 4.39 Å². The van der Waals surface area contributed by atoms with Gasteiger partial charge in [-0.2, -0.15) is 11.8 Å². The quantitative estimate of drug-likeness (QED) is 0.756. The second-order valence-electron chi connectivity index (χ2n) is 3.47. The van der Waals surface area contributed by atoms with Crippen molar-refractivity contribution in [1.29, 1.82) is 0 Å². The Kier molecular flexibility index (Phi) is 5.73. The maximum atomic E-state index is 13.0. The highest BCUT2D eigenvalue weighted by atomic mass is 32.2. The van der Waals surface area contributed by atoms with E-state index in [0.29, 0.717) is 12.5 Å². The number of rotatable bonds is 6. The number of hydrogen-bond donors (Lipinski definition) is 1. The molecule has 1 aromatic carbocycles. The SMILES string of the molecule is CCSCCC(CN)c1cccc(F)c1. The van der Waals surface area contributed by atoms with Crippen molar-refractivity contribution in [2.45, 2.75) is 19.3 Å². The summed E-state index contributed by atoms with van der Waals surface area (Å²) in [5.74, 6) is 2.34. The van der Waals surface area contributed by atoms with Gasteiger partial charge in [0.1, 0.15) is 5.82 Å². The lowest BCUT2D eigenvalue weighted by Crippen LogP contribution is -2.13. The molecule has 3 heteroatoms. The summed E-state index contributed by atoms with van der Waals surface area (Å²) < 4.78 is 13.0. The second-order valence-corrected chi connectivity index (χ2v) is 4.87. The molecular weight excluding hydrogens is 209 g/mol. The van der Waals surface area contributed by atoms with E-state index in [9.17, 15) is 4.39 Å². The van der Waals surface area contributed by atoms with Crippen LogP contribution in [-0.4, -0.2) is 18.1 Å². The first-order valence-corrected chi connectivity index (χ1v) is 6.46. The molecule has 0 heterocycles. The van der Waals surface area contributed by atoms with Crippen molar-refractivity contribution in [3.05, 3.63) is 35.6 Å². The lowest BCUT2D eigenvalue weighted by molar-refractivity contribution is 0.615. The minimum Gasteiger partial charge on any atom is -0.330 e. The number of thioether (sulfide) groups is 1. The van der Waals surface area contributed by atoms with Gasteiger partial charge in [0, 0.05) is 0 Å². The van der Waals surface area contributed by atoms with Gasteiger partial charge in [-0.1, -0.05) is 19.1 Å². The summed E-state index contributed by atoms with van der Waals surface area (Å²) in [6.45, 7) is 2.73. The molecule has 1 atom stereocenters. The van der Waals surface area contributed by atoms with Crippen molar-refractivity contribution in [2.75, 3.05) is 18.1 Å². The molecule has 0 aliphatic heterocycles. The normalized spacial score (nSPS) is 12.7. The number of halogens is 1. The zero-order valence-electron chi connectivity index (χ0n) is 9.08. The van der Waals surface area contributed by atoms with E-state index in [0.717, 1.165) is 23.5 Å². The van der Waals surface area contributed by atoms with Crippen molar-refractivity contribution in [3.8, 4) is 0 Å². The Morgan fingerprint density at radius 1 is 1.47 bits per heavy atom.